The van der Waals surface area contributed by atoms with E-state index in [0.29, 0.717) is 17.0 Å². The second-order valence-corrected chi connectivity index (χ2v) is 3.83. The van der Waals surface area contributed by atoms with Gasteiger partial charge in [-0.3, -0.25) is 4.98 Å². The highest BCUT2D eigenvalue weighted by Gasteiger charge is 2.09. The van der Waals surface area contributed by atoms with Crippen LogP contribution in [0.5, 0.6) is 5.75 Å². The third-order valence-electron chi connectivity index (χ3n) is 2.66. The van der Waals surface area contributed by atoms with Crippen molar-refractivity contribution in [1.29, 1.82) is 5.26 Å². The molecule has 0 amide bonds. The third-order valence-corrected chi connectivity index (χ3v) is 2.66. The lowest BCUT2D eigenvalue weighted by molar-refractivity contribution is 0.416. The maximum atomic E-state index is 9.14. The summed E-state index contributed by atoms with van der Waals surface area (Å²) in [6.07, 6.45) is 3.41. The first-order valence-corrected chi connectivity index (χ1v) is 5.75. The quantitative estimate of drug-likeness (QED) is 0.878. The molecule has 1 aromatic carbocycles. The van der Waals surface area contributed by atoms with E-state index in [0.717, 1.165) is 11.4 Å². The summed E-state index contributed by atoms with van der Waals surface area (Å²) in [4.78, 5) is 4.11. The molecular weight excluding hydrogens is 240 g/mol. The molecule has 0 radical (unpaired) electrons. The number of aromatic nitrogens is 1. The van der Waals surface area contributed by atoms with Gasteiger partial charge in [-0.1, -0.05) is 6.07 Å². The number of pyridine rings is 1. The molecule has 0 saturated heterocycles. The summed E-state index contributed by atoms with van der Waals surface area (Å²) in [6.45, 7) is 0. The summed E-state index contributed by atoms with van der Waals surface area (Å²) in [6, 6.07) is 9.37. The average Bonchev–Trinajstić information content (AvgIpc) is 2.47. The van der Waals surface area contributed by atoms with Gasteiger partial charge in [-0.25, -0.2) is 0 Å². The van der Waals surface area contributed by atoms with Crippen molar-refractivity contribution in [3.63, 3.8) is 0 Å². The molecule has 1 aromatic heterocycles. The van der Waals surface area contributed by atoms with Crippen molar-refractivity contribution in [2.75, 3.05) is 24.8 Å². The molecule has 0 saturated carbocycles. The smallest absolute Gasteiger partial charge is 0.143 e. The molecule has 0 aliphatic rings. The fourth-order valence-electron chi connectivity index (χ4n) is 1.71. The van der Waals surface area contributed by atoms with E-state index in [2.05, 4.69) is 21.7 Å². The van der Waals surface area contributed by atoms with Gasteiger partial charge in [-0.15, -0.1) is 0 Å². The van der Waals surface area contributed by atoms with Crippen LogP contribution < -0.4 is 15.4 Å². The van der Waals surface area contributed by atoms with Crippen LogP contribution in [-0.4, -0.2) is 19.1 Å². The number of nitrogens with zero attached hydrogens (tertiary/aromatic N) is 2. The first-order valence-electron chi connectivity index (χ1n) is 5.75. The second-order valence-electron chi connectivity index (χ2n) is 3.83. The van der Waals surface area contributed by atoms with Gasteiger partial charge in [0.2, 0.25) is 0 Å². The SMILES string of the molecule is CNc1cncc(Nc2c(C#N)cccc2OC)c1. The minimum absolute atomic E-state index is 0.522. The number of nitrogens with one attached hydrogen (secondary N) is 2. The van der Waals surface area contributed by atoms with Crippen LogP contribution in [0.15, 0.2) is 36.7 Å². The van der Waals surface area contributed by atoms with Crippen molar-refractivity contribution < 1.29 is 4.74 Å². The fourth-order valence-corrected chi connectivity index (χ4v) is 1.71. The molecule has 2 N–H and O–H groups in total. The summed E-state index contributed by atoms with van der Waals surface area (Å²) >= 11 is 0. The predicted molar refractivity (Wildman–Crippen MR) is 74.8 cm³/mol. The van der Waals surface area contributed by atoms with E-state index >= 15 is 0 Å². The molecule has 2 aromatic rings. The summed E-state index contributed by atoms with van der Waals surface area (Å²) in [7, 11) is 3.40. The fraction of sp³-hybridized carbons (Fsp3) is 0.143. The van der Waals surface area contributed by atoms with Crippen LogP contribution in [0.25, 0.3) is 0 Å². The van der Waals surface area contributed by atoms with Gasteiger partial charge >= 0.3 is 0 Å². The van der Waals surface area contributed by atoms with Crippen molar-refractivity contribution in [2.45, 2.75) is 0 Å². The number of para-hydroxylation sites is 1. The largest absolute Gasteiger partial charge is 0.495 e. The number of methoxy groups -OCH3 is 1. The summed E-state index contributed by atoms with van der Waals surface area (Å²) in [5.41, 5.74) is 2.84. The molecule has 96 valence electrons. The van der Waals surface area contributed by atoms with Crippen molar-refractivity contribution >= 4 is 17.1 Å². The van der Waals surface area contributed by atoms with Crippen molar-refractivity contribution in [3.8, 4) is 11.8 Å². The zero-order valence-electron chi connectivity index (χ0n) is 10.8. The molecule has 1 heterocycles. The summed E-state index contributed by atoms with van der Waals surface area (Å²) in [5, 5.41) is 15.3. The lowest BCUT2D eigenvalue weighted by Crippen LogP contribution is -1.99. The molecule has 5 heteroatoms. The van der Waals surface area contributed by atoms with Gasteiger partial charge in [0.05, 0.1) is 42.1 Å². The first-order chi connectivity index (χ1) is 9.28. The van der Waals surface area contributed by atoms with Gasteiger partial charge in [0, 0.05) is 7.05 Å². The Bertz CT molecular complexity index is 619. The van der Waals surface area contributed by atoms with Crippen LogP contribution in [0.2, 0.25) is 0 Å². The zero-order valence-corrected chi connectivity index (χ0v) is 10.8. The molecule has 0 fully saturated rings. The number of nitriles is 1. The number of benzene rings is 1. The highest BCUT2D eigenvalue weighted by atomic mass is 16.5. The van der Waals surface area contributed by atoms with Crippen LogP contribution in [-0.2, 0) is 0 Å². The lowest BCUT2D eigenvalue weighted by atomic mass is 10.1. The molecular formula is C14H14N4O. The molecule has 19 heavy (non-hydrogen) atoms. The summed E-state index contributed by atoms with van der Waals surface area (Å²) in [5.74, 6) is 0.619. The maximum Gasteiger partial charge on any atom is 0.143 e. The van der Waals surface area contributed by atoms with Gasteiger partial charge in [0.1, 0.15) is 11.8 Å². The Labute approximate surface area is 111 Å². The number of ether oxygens (including phenoxy) is 1. The highest BCUT2D eigenvalue weighted by Crippen LogP contribution is 2.31. The zero-order chi connectivity index (χ0) is 13.7. The Balaban J connectivity index is 2.39. The number of anilines is 3. The Kier molecular flexibility index (Phi) is 3.84. The Morgan fingerprint density at radius 1 is 1.26 bits per heavy atom. The van der Waals surface area contributed by atoms with E-state index in [1.807, 2.05) is 13.1 Å². The van der Waals surface area contributed by atoms with Gasteiger partial charge in [0.15, 0.2) is 0 Å². The number of hydrogen-bond acceptors (Lipinski definition) is 5. The monoisotopic (exact) mass is 254 g/mol. The van der Waals surface area contributed by atoms with Crippen LogP contribution in [0.4, 0.5) is 17.1 Å². The first kappa shape index (κ1) is 12.7. The Morgan fingerprint density at radius 2 is 2.05 bits per heavy atom. The van der Waals surface area contributed by atoms with Crippen molar-refractivity contribution in [1.82, 2.24) is 4.98 Å². The molecule has 0 aliphatic carbocycles. The van der Waals surface area contributed by atoms with E-state index in [1.165, 1.54) is 0 Å². The molecule has 0 atom stereocenters. The summed E-state index contributed by atoms with van der Waals surface area (Å²) < 4.78 is 5.27. The minimum Gasteiger partial charge on any atom is -0.495 e. The van der Waals surface area contributed by atoms with Gasteiger partial charge < -0.3 is 15.4 Å². The Hall–Kier alpha value is -2.74. The number of rotatable bonds is 4. The Morgan fingerprint density at radius 3 is 2.74 bits per heavy atom. The van der Waals surface area contributed by atoms with Gasteiger partial charge in [0.25, 0.3) is 0 Å². The van der Waals surface area contributed by atoms with E-state index in [1.54, 1.807) is 37.7 Å². The highest BCUT2D eigenvalue weighted by molar-refractivity contribution is 5.73. The predicted octanol–water partition coefficient (Wildman–Crippen LogP) is 2.75. The topological polar surface area (TPSA) is 70.0 Å². The van der Waals surface area contributed by atoms with Gasteiger partial charge in [-0.05, 0) is 18.2 Å². The lowest BCUT2D eigenvalue weighted by Gasteiger charge is -2.13. The normalized spacial score (nSPS) is 9.53. The van der Waals surface area contributed by atoms with Gasteiger partial charge in [-0.2, -0.15) is 5.26 Å². The standard InChI is InChI=1S/C14H14N4O/c1-16-11-6-12(9-17-8-11)18-14-10(7-15)4-3-5-13(14)19-2/h3-6,8-9,16,18H,1-2H3. The van der Waals surface area contributed by atoms with E-state index in [4.69, 9.17) is 10.00 Å². The molecule has 2 rings (SSSR count). The van der Waals surface area contributed by atoms with E-state index in [-0.39, 0.29) is 0 Å². The molecule has 5 nitrogen and oxygen atoms in total. The van der Waals surface area contributed by atoms with E-state index in [9.17, 15) is 0 Å². The molecule has 0 spiro atoms. The minimum atomic E-state index is 0.522. The third kappa shape index (κ3) is 2.75. The van der Waals surface area contributed by atoms with Crippen molar-refractivity contribution in [3.05, 3.63) is 42.2 Å². The van der Waals surface area contributed by atoms with Crippen LogP contribution >= 0.6 is 0 Å². The second kappa shape index (κ2) is 5.74. The molecule has 0 aliphatic heterocycles. The molecule has 0 bridgehead atoms. The van der Waals surface area contributed by atoms with Crippen molar-refractivity contribution in [2.24, 2.45) is 0 Å². The molecule has 0 unspecified atom stereocenters. The number of hydrogen-bond donors (Lipinski definition) is 2. The van der Waals surface area contributed by atoms with Crippen LogP contribution in [0.1, 0.15) is 5.56 Å². The average molecular weight is 254 g/mol. The van der Waals surface area contributed by atoms with Crippen LogP contribution in [0.3, 0.4) is 0 Å². The maximum absolute atomic E-state index is 9.14. The van der Waals surface area contributed by atoms with E-state index < -0.39 is 0 Å². The van der Waals surface area contributed by atoms with Crippen LogP contribution in [0, 0.1) is 11.3 Å².